The molecule has 119 valence electrons. The lowest BCUT2D eigenvalue weighted by Crippen LogP contribution is -2.35. The third kappa shape index (κ3) is 5.85. The number of nitrogens with zero attached hydrogens (tertiary/aromatic N) is 1. The van der Waals surface area contributed by atoms with Crippen LogP contribution in [0.1, 0.15) is 26.5 Å². The van der Waals surface area contributed by atoms with Gasteiger partial charge in [-0.15, -0.1) is 23.5 Å². The number of nitrogen functional groups attached to an aromatic ring is 1. The molecule has 0 saturated carbocycles. The highest BCUT2D eigenvalue weighted by atomic mass is 32.2. The fourth-order valence-corrected chi connectivity index (χ4v) is 4.95. The molecule has 0 spiro atoms. The largest absolute Gasteiger partial charge is 0.413 e. The van der Waals surface area contributed by atoms with E-state index in [-0.39, 0.29) is 11.5 Å². The molecule has 0 fully saturated rings. The van der Waals surface area contributed by atoms with E-state index in [0.717, 1.165) is 27.1 Å². The first-order valence-electron chi connectivity index (χ1n) is 7.06. The topological polar surface area (TPSA) is 48.1 Å². The van der Waals surface area contributed by atoms with Gasteiger partial charge in [0.15, 0.2) is 0 Å². The summed E-state index contributed by atoms with van der Waals surface area (Å²) in [5, 5.41) is 0.929. The number of anilines is 1. The summed E-state index contributed by atoms with van der Waals surface area (Å²) in [6.45, 7) is 13.1. The van der Waals surface area contributed by atoms with Crippen LogP contribution in [0.25, 0.3) is 0 Å². The minimum atomic E-state index is -0.719. The average Bonchev–Trinajstić information content (AvgIpc) is 2.35. The van der Waals surface area contributed by atoms with Crippen LogP contribution < -0.4 is 5.73 Å². The predicted octanol–water partition coefficient (Wildman–Crippen LogP) is 4.47. The molecule has 1 rings (SSSR count). The summed E-state index contributed by atoms with van der Waals surface area (Å²) in [5.74, 6) is 0.883. The van der Waals surface area contributed by atoms with Crippen LogP contribution in [0.4, 0.5) is 5.69 Å². The van der Waals surface area contributed by atoms with E-state index in [1.165, 1.54) is 0 Å². The molecule has 0 aliphatic rings. The summed E-state index contributed by atoms with van der Waals surface area (Å²) in [7, 11) is -0.719. The highest BCUT2D eigenvalue weighted by Crippen LogP contribution is 2.35. The Hall–Kier alpha value is -0.173. The van der Waals surface area contributed by atoms with Gasteiger partial charge < -0.3 is 10.2 Å². The number of aromatic nitrogens is 1. The van der Waals surface area contributed by atoms with E-state index in [2.05, 4.69) is 38.8 Å². The zero-order valence-corrected chi connectivity index (χ0v) is 16.7. The summed E-state index contributed by atoms with van der Waals surface area (Å²) in [4.78, 5) is 5.70. The third-order valence-corrected chi connectivity index (χ3v) is 5.64. The van der Waals surface area contributed by atoms with Gasteiger partial charge in [0.2, 0.25) is 9.04 Å². The summed E-state index contributed by atoms with van der Waals surface area (Å²) >= 11 is 3.38. The van der Waals surface area contributed by atoms with Gasteiger partial charge in [-0.25, -0.2) is 4.98 Å². The van der Waals surface area contributed by atoms with E-state index in [4.69, 9.17) is 10.2 Å². The Morgan fingerprint density at radius 3 is 2.48 bits per heavy atom. The van der Waals surface area contributed by atoms with Crippen LogP contribution in [0, 0.1) is 12.3 Å². The van der Waals surface area contributed by atoms with Crippen LogP contribution in [0.5, 0.6) is 0 Å². The summed E-state index contributed by atoms with van der Waals surface area (Å²) in [6.07, 6.45) is 2.26. The summed E-state index contributed by atoms with van der Waals surface area (Å²) in [6, 6.07) is 2.04. The number of pyridine rings is 1. The van der Waals surface area contributed by atoms with Crippen molar-refractivity contribution in [1.82, 2.24) is 4.98 Å². The number of rotatable bonds is 6. The molecule has 0 bridgehead atoms. The first kappa shape index (κ1) is 18.9. The highest BCUT2D eigenvalue weighted by molar-refractivity contribution is 8.00. The SMILES string of the molecule is CSc1cc(C)nc(SCC(O[Si](C)C)C(C)(C)C)c1N. The van der Waals surface area contributed by atoms with Gasteiger partial charge in [-0.3, -0.25) is 0 Å². The Bertz CT molecular complexity index is 475. The Morgan fingerprint density at radius 2 is 2.00 bits per heavy atom. The van der Waals surface area contributed by atoms with Crippen molar-refractivity contribution in [3.8, 4) is 0 Å². The average molecular weight is 344 g/mol. The molecular weight excluding hydrogens is 316 g/mol. The second-order valence-corrected chi connectivity index (χ2v) is 10.3. The number of thioether (sulfide) groups is 2. The molecule has 2 N–H and O–H groups in total. The maximum atomic E-state index is 6.22. The fourth-order valence-electron chi connectivity index (χ4n) is 1.80. The molecule has 1 atom stereocenters. The lowest BCUT2D eigenvalue weighted by molar-refractivity contribution is 0.108. The van der Waals surface area contributed by atoms with Crippen molar-refractivity contribution < 1.29 is 4.43 Å². The van der Waals surface area contributed by atoms with Crippen molar-refractivity contribution in [2.75, 3.05) is 17.7 Å². The minimum Gasteiger partial charge on any atom is -0.413 e. The van der Waals surface area contributed by atoms with E-state index < -0.39 is 9.04 Å². The molecule has 21 heavy (non-hydrogen) atoms. The Morgan fingerprint density at radius 1 is 1.38 bits per heavy atom. The van der Waals surface area contributed by atoms with Crippen molar-refractivity contribution in [2.45, 2.75) is 56.8 Å². The normalized spacial score (nSPS) is 13.7. The molecule has 0 amide bonds. The molecule has 1 unspecified atom stereocenters. The lowest BCUT2D eigenvalue weighted by Gasteiger charge is -2.32. The van der Waals surface area contributed by atoms with Crippen LogP contribution >= 0.6 is 23.5 Å². The van der Waals surface area contributed by atoms with E-state index in [9.17, 15) is 0 Å². The molecule has 3 nitrogen and oxygen atoms in total. The molecule has 1 aromatic rings. The highest BCUT2D eigenvalue weighted by Gasteiger charge is 2.27. The van der Waals surface area contributed by atoms with Crippen LogP contribution in [0.3, 0.4) is 0 Å². The Labute approximate surface area is 139 Å². The molecule has 6 heteroatoms. The van der Waals surface area contributed by atoms with E-state index >= 15 is 0 Å². The Balaban J connectivity index is 2.87. The zero-order valence-electron chi connectivity index (χ0n) is 14.1. The third-order valence-electron chi connectivity index (χ3n) is 3.05. The van der Waals surface area contributed by atoms with Crippen molar-refractivity contribution in [2.24, 2.45) is 5.41 Å². The van der Waals surface area contributed by atoms with Gasteiger partial charge in [0.1, 0.15) is 5.03 Å². The van der Waals surface area contributed by atoms with Crippen LogP contribution in [-0.2, 0) is 4.43 Å². The molecule has 0 aliphatic carbocycles. The van der Waals surface area contributed by atoms with Crippen molar-refractivity contribution in [3.63, 3.8) is 0 Å². The van der Waals surface area contributed by atoms with Crippen molar-refractivity contribution >= 4 is 38.3 Å². The predicted molar refractivity (Wildman–Crippen MR) is 97.7 cm³/mol. The van der Waals surface area contributed by atoms with E-state index in [0.29, 0.717) is 0 Å². The molecule has 0 aliphatic heterocycles. The van der Waals surface area contributed by atoms with E-state index in [1.54, 1.807) is 23.5 Å². The van der Waals surface area contributed by atoms with Gasteiger partial charge in [-0.1, -0.05) is 20.8 Å². The molecule has 1 heterocycles. The zero-order chi connectivity index (χ0) is 16.2. The van der Waals surface area contributed by atoms with Gasteiger partial charge in [0.25, 0.3) is 0 Å². The second kappa shape index (κ2) is 7.90. The molecular formula is C15H27N2OS2Si. The van der Waals surface area contributed by atoms with Gasteiger partial charge in [0.05, 0.1) is 11.8 Å². The first-order valence-corrected chi connectivity index (χ1v) is 11.7. The molecule has 0 aromatic carbocycles. The van der Waals surface area contributed by atoms with Crippen LogP contribution in [0.2, 0.25) is 13.1 Å². The van der Waals surface area contributed by atoms with Crippen molar-refractivity contribution in [1.29, 1.82) is 0 Å². The van der Waals surface area contributed by atoms with Gasteiger partial charge in [0, 0.05) is 16.3 Å². The van der Waals surface area contributed by atoms with Crippen LogP contribution in [0.15, 0.2) is 16.0 Å². The number of aryl methyl sites for hydroxylation is 1. The number of hydrogen-bond acceptors (Lipinski definition) is 5. The number of hydrogen-bond donors (Lipinski definition) is 1. The maximum Gasteiger partial charge on any atom is 0.205 e. The van der Waals surface area contributed by atoms with Gasteiger partial charge in [-0.2, -0.15) is 0 Å². The smallest absolute Gasteiger partial charge is 0.205 e. The molecule has 0 saturated heterocycles. The Kier molecular flexibility index (Phi) is 7.10. The van der Waals surface area contributed by atoms with E-state index in [1.807, 2.05) is 19.2 Å². The fraction of sp³-hybridized carbons (Fsp3) is 0.667. The minimum absolute atomic E-state index is 0.121. The lowest BCUT2D eigenvalue weighted by atomic mass is 9.90. The van der Waals surface area contributed by atoms with Crippen molar-refractivity contribution in [3.05, 3.63) is 11.8 Å². The van der Waals surface area contributed by atoms with Crippen LogP contribution in [-0.4, -0.2) is 32.1 Å². The quantitative estimate of drug-likeness (QED) is 0.610. The molecule has 1 aromatic heterocycles. The maximum absolute atomic E-state index is 6.22. The monoisotopic (exact) mass is 343 g/mol. The van der Waals surface area contributed by atoms with Gasteiger partial charge in [-0.05, 0) is 37.8 Å². The van der Waals surface area contributed by atoms with Gasteiger partial charge >= 0.3 is 0 Å². The second-order valence-electron chi connectivity index (χ2n) is 6.38. The summed E-state index contributed by atoms with van der Waals surface area (Å²) < 4.78 is 6.17. The number of nitrogens with two attached hydrogens (primary N) is 1. The first-order chi connectivity index (χ1) is 9.65. The molecule has 1 radical (unpaired) electrons. The standard InChI is InChI=1S/C15H27N2OS2Si/c1-10-8-11(19-5)13(16)14(17-10)20-9-12(15(2,3)4)18-21(6)7/h8,12H,9,16H2,1-7H3. The summed E-state index contributed by atoms with van der Waals surface area (Å²) in [5.41, 5.74) is 8.15.